The summed E-state index contributed by atoms with van der Waals surface area (Å²) in [4.78, 5) is 4.33. The van der Waals surface area contributed by atoms with Crippen LogP contribution >= 0.6 is 0 Å². The van der Waals surface area contributed by atoms with Crippen molar-refractivity contribution in [1.82, 2.24) is 9.66 Å². The van der Waals surface area contributed by atoms with Gasteiger partial charge in [-0.1, -0.05) is 12.1 Å². The first kappa shape index (κ1) is 8.87. The minimum atomic E-state index is 0.527. The molecule has 4 heteroatoms. The van der Waals surface area contributed by atoms with Crippen molar-refractivity contribution in [3.63, 3.8) is 0 Å². The third kappa shape index (κ3) is 1.11. The number of hydrogen-bond acceptors (Lipinski definition) is 3. The molecule has 0 aliphatic heterocycles. The molecule has 1 aromatic heterocycles. The number of aromatic nitrogens is 2. The highest BCUT2D eigenvalue weighted by molar-refractivity contribution is 5.81. The van der Waals surface area contributed by atoms with Crippen molar-refractivity contribution in [3.05, 3.63) is 23.8 Å². The van der Waals surface area contributed by atoms with E-state index in [2.05, 4.69) is 4.98 Å². The van der Waals surface area contributed by atoms with E-state index in [1.165, 1.54) is 0 Å². The van der Waals surface area contributed by atoms with E-state index in [0.29, 0.717) is 5.95 Å². The van der Waals surface area contributed by atoms with Gasteiger partial charge in [-0.05, 0) is 18.6 Å². The lowest BCUT2D eigenvalue weighted by atomic mass is 10.2. The maximum Gasteiger partial charge on any atom is 0.220 e. The molecule has 2 N–H and O–H groups in total. The van der Waals surface area contributed by atoms with E-state index < -0.39 is 0 Å². The second-order valence-corrected chi connectivity index (χ2v) is 3.57. The standard InChI is InChI=1S/C10H14N4/c1-7-5-4-6-8-9(7)12-10(11)14(8)13(2)3/h4-6H,1-3H3,(H2,11,12). The maximum atomic E-state index is 5.83. The number of aryl methyl sites for hydroxylation is 1. The Balaban J connectivity index is 2.83. The van der Waals surface area contributed by atoms with Gasteiger partial charge in [0.2, 0.25) is 5.95 Å². The second-order valence-electron chi connectivity index (χ2n) is 3.57. The molecule has 2 rings (SSSR count). The number of nitrogens with zero attached hydrogens (tertiary/aromatic N) is 3. The van der Waals surface area contributed by atoms with Gasteiger partial charge in [0, 0.05) is 14.1 Å². The first-order valence-electron chi connectivity index (χ1n) is 4.52. The molecule has 0 aliphatic rings. The Labute approximate surface area is 82.9 Å². The van der Waals surface area contributed by atoms with Crippen LogP contribution in [0.15, 0.2) is 18.2 Å². The molecular weight excluding hydrogens is 176 g/mol. The predicted molar refractivity (Wildman–Crippen MR) is 58.9 cm³/mol. The molecule has 0 amide bonds. The van der Waals surface area contributed by atoms with Crippen molar-refractivity contribution in [2.75, 3.05) is 24.8 Å². The summed E-state index contributed by atoms with van der Waals surface area (Å²) in [5, 5.41) is 1.92. The number of hydrogen-bond donors (Lipinski definition) is 1. The van der Waals surface area contributed by atoms with Crippen LogP contribution in [-0.2, 0) is 0 Å². The molecule has 0 atom stereocenters. The first-order valence-corrected chi connectivity index (χ1v) is 4.52. The van der Waals surface area contributed by atoms with E-state index in [1.807, 2.05) is 48.9 Å². The lowest BCUT2D eigenvalue weighted by Gasteiger charge is -2.15. The molecule has 2 aromatic rings. The summed E-state index contributed by atoms with van der Waals surface area (Å²) in [5.41, 5.74) is 9.00. The van der Waals surface area contributed by atoms with E-state index in [4.69, 9.17) is 5.73 Å². The predicted octanol–water partition coefficient (Wildman–Crippen LogP) is 1.12. The van der Waals surface area contributed by atoms with E-state index >= 15 is 0 Å². The Hall–Kier alpha value is -1.71. The van der Waals surface area contributed by atoms with Gasteiger partial charge in [0.15, 0.2) is 0 Å². The van der Waals surface area contributed by atoms with Crippen molar-refractivity contribution >= 4 is 17.0 Å². The summed E-state index contributed by atoms with van der Waals surface area (Å²) in [6.45, 7) is 2.04. The van der Waals surface area contributed by atoms with Crippen LogP contribution in [0.5, 0.6) is 0 Å². The Morgan fingerprint density at radius 1 is 1.36 bits per heavy atom. The number of rotatable bonds is 1. The van der Waals surface area contributed by atoms with Crippen LogP contribution in [0.4, 0.5) is 5.95 Å². The number of nitrogens with two attached hydrogens (primary N) is 1. The monoisotopic (exact) mass is 190 g/mol. The van der Waals surface area contributed by atoms with Crippen molar-refractivity contribution < 1.29 is 0 Å². The van der Waals surface area contributed by atoms with E-state index in [0.717, 1.165) is 16.6 Å². The molecule has 0 aliphatic carbocycles. The average Bonchev–Trinajstić information content (AvgIpc) is 2.42. The van der Waals surface area contributed by atoms with E-state index in [-0.39, 0.29) is 0 Å². The summed E-state index contributed by atoms with van der Waals surface area (Å²) in [6, 6.07) is 6.07. The average molecular weight is 190 g/mol. The van der Waals surface area contributed by atoms with Crippen LogP contribution in [0.3, 0.4) is 0 Å². The van der Waals surface area contributed by atoms with Gasteiger partial charge in [0.05, 0.1) is 11.0 Å². The maximum absolute atomic E-state index is 5.83. The van der Waals surface area contributed by atoms with Crippen molar-refractivity contribution in [2.24, 2.45) is 0 Å². The first-order chi connectivity index (χ1) is 6.61. The molecule has 0 spiro atoms. The summed E-state index contributed by atoms with van der Waals surface area (Å²) in [5.74, 6) is 0.527. The summed E-state index contributed by atoms with van der Waals surface area (Å²) < 4.78 is 1.89. The van der Waals surface area contributed by atoms with Gasteiger partial charge in [0.25, 0.3) is 0 Å². The zero-order chi connectivity index (χ0) is 10.3. The van der Waals surface area contributed by atoms with Crippen LogP contribution in [0.2, 0.25) is 0 Å². The van der Waals surface area contributed by atoms with Gasteiger partial charge in [0.1, 0.15) is 0 Å². The molecule has 0 saturated carbocycles. The van der Waals surface area contributed by atoms with Gasteiger partial charge in [-0.2, -0.15) is 0 Å². The number of anilines is 1. The van der Waals surface area contributed by atoms with Gasteiger partial charge in [-0.25, -0.2) is 9.66 Å². The lowest BCUT2D eigenvalue weighted by molar-refractivity contribution is 0.765. The zero-order valence-corrected chi connectivity index (χ0v) is 8.65. The third-order valence-electron chi connectivity index (χ3n) is 2.29. The molecular formula is C10H14N4. The van der Waals surface area contributed by atoms with Gasteiger partial charge in [-0.15, -0.1) is 0 Å². The van der Waals surface area contributed by atoms with Crippen LogP contribution in [0.25, 0.3) is 11.0 Å². The Bertz CT molecular complexity index is 470. The van der Waals surface area contributed by atoms with Crippen LogP contribution < -0.4 is 10.7 Å². The molecule has 4 nitrogen and oxygen atoms in total. The minimum absolute atomic E-state index is 0.527. The summed E-state index contributed by atoms with van der Waals surface area (Å²) >= 11 is 0. The second kappa shape index (κ2) is 2.90. The topological polar surface area (TPSA) is 47.1 Å². The van der Waals surface area contributed by atoms with E-state index in [9.17, 15) is 0 Å². The SMILES string of the molecule is Cc1cccc2c1nc(N)n2N(C)C. The zero-order valence-electron chi connectivity index (χ0n) is 8.65. The minimum Gasteiger partial charge on any atom is -0.368 e. The lowest BCUT2D eigenvalue weighted by Crippen LogP contribution is -2.26. The molecule has 0 fully saturated rings. The molecule has 14 heavy (non-hydrogen) atoms. The van der Waals surface area contributed by atoms with Crippen molar-refractivity contribution in [1.29, 1.82) is 0 Å². The highest BCUT2D eigenvalue weighted by Crippen LogP contribution is 2.20. The molecule has 0 bridgehead atoms. The quantitative estimate of drug-likeness (QED) is 0.733. The normalized spacial score (nSPS) is 10.8. The number of fused-ring (bicyclic) bond motifs is 1. The highest BCUT2D eigenvalue weighted by atomic mass is 15.6. The third-order valence-corrected chi connectivity index (χ3v) is 2.29. The van der Waals surface area contributed by atoms with Gasteiger partial charge in [-0.3, -0.25) is 0 Å². The largest absolute Gasteiger partial charge is 0.368 e. The fraction of sp³-hybridized carbons (Fsp3) is 0.300. The number of imidazole rings is 1. The number of nitrogen functional groups attached to an aromatic ring is 1. The van der Waals surface area contributed by atoms with Gasteiger partial charge >= 0.3 is 0 Å². The summed E-state index contributed by atoms with van der Waals surface area (Å²) in [6.07, 6.45) is 0. The fourth-order valence-electron chi connectivity index (χ4n) is 1.67. The fourth-order valence-corrected chi connectivity index (χ4v) is 1.67. The Morgan fingerprint density at radius 3 is 2.71 bits per heavy atom. The molecule has 1 heterocycles. The van der Waals surface area contributed by atoms with Crippen LogP contribution in [0.1, 0.15) is 5.56 Å². The van der Waals surface area contributed by atoms with Gasteiger partial charge < -0.3 is 10.7 Å². The van der Waals surface area contributed by atoms with Crippen LogP contribution in [0, 0.1) is 6.92 Å². The summed E-state index contributed by atoms with van der Waals surface area (Å²) in [7, 11) is 3.89. The molecule has 0 radical (unpaired) electrons. The molecule has 1 aromatic carbocycles. The van der Waals surface area contributed by atoms with E-state index in [1.54, 1.807) is 0 Å². The van der Waals surface area contributed by atoms with Crippen LogP contribution in [-0.4, -0.2) is 23.8 Å². The molecule has 0 saturated heterocycles. The number of benzene rings is 1. The van der Waals surface area contributed by atoms with Crippen molar-refractivity contribution in [3.8, 4) is 0 Å². The molecule has 0 unspecified atom stereocenters. The highest BCUT2D eigenvalue weighted by Gasteiger charge is 2.10. The Kier molecular flexibility index (Phi) is 1.84. The van der Waals surface area contributed by atoms with Crippen molar-refractivity contribution in [2.45, 2.75) is 6.92 Å². The smallest absolute Gasteiger partial charge is 0.220 e. The number of para-hydroxylation sites is 1. The molecule has 74 valence electrons. The Morgan fingerprint density at radius 2 is 2.07 bits per heavy atom.